The Morgan fingerprint density at radius 2 is 2.15 bits per heavy atom. The van der Waals surface area contributed by atoms with Crippen LogP contribution in [0.25, 0.3) is 0 Å². The van der Waals surface area contributed by atoms with E-state index >= 15 is 0 Å². The number of Topliss-reactive ketones (excluding diaryl/α,β-unsaturated/α-hetero) is 1. The first-order chi connectivity index (χ1) is 9.70. The summed E-state index contributed by atoms with van der Waals surface area (Å²) in [5.41, 5.74) is 0.939. The Morgan fingerprint density at radius 1 is 1.40 bits per heavy atom. The highest BCUT2D eigenvalue weighted by Gasteiger charge is 2.29. The number of hydrogen-bond donors (Lipinski definition) is 0. The van der Waals surface area contributed by atoms with E-state index in [1.54, 1.807) is 6.08 Å². The maximum absolute atomic E-state index is 11.9. The largest absolute Gasteiger partial charge is 0.445 e. The van der Waals surface area contributed by atoms with Crippen molar-refractivity contribution in [3.05, 3.63) is 48.6 Å². The van der Waals surface area contributed by atoms with Crippen LogP contribution in [0.1, 0.15) is 18.4 Å². The van der Waals surface area contributed by atoms with Crippen LogP contribution in [0.2, 0.25) is 0 Å². The van der Waals surface area contributed by atoms with Crippen molar-refractivity contribution in [2.24, 2.45) is 5.92 Å². The molecule has 1 amide bonds. The molecule has 0 spiro atoms. The summed E-state index contributed by atoms with van der Waals surface area (Å²) in [7, 11) is 0. The van der Waals surface area contributed by atoms with Crippen molar-refractivity contribution in [2.75, 3.05) is 13.1 Å². The Balaban J connectivity index is 1.82. The summed E-state index contributed by atoms with van der Waals surface area (Å²) in [5, 5.41) is 0. The Hall–Kier alpha value is -2.10. The molecule has 0 saturated carbocycles. The first-order valence-electron chi connectivity index (χ1n) is 6.80. The van der Waals surface area contributed by atoms with Crippen molar-refractivity contribution in [3.8, 4) is 0 Å². The van der Waals surface area contributed by atoms with E-state index in [4.69, 9.17) is 4.74 Å². The zero-order chi connectivity index (χ0) is 14.4. The van der Waals surface area contributed by atoms with Gasteiger partial charge >= 0.3 is 6.09 Å². The summed E-state index contributed by atoms with van der Waals surface area (Å²) < 4.78 is 5.23. The zero-order valence-corrected chi connectivity index (χ0v) is 11.5. The molecule has 1 heterocycles. The fourth-order valence-corrected chi connectivity index (χ4v) is 2.29. The highest BCUT2D eigenvalue weighted by molar-refractivity contribution is 5.87. The summed E-state index contributed by atoms with van der Waals surface area (Å²) >= 11 is 0. The van der Waals surface area contributed by atoms with Crippen LogP contribution in [0.5, 0.6) is 0 Å². The van der Waals surface area contributed by atoms with Crippen LogP contribution >= 0.6 is 0 Å². The topological polar surface area (TPSA) is 46.6 Å². The van der Waals surface area contributed by atoms with Crippen LogP contribution < -0.4 is 0 Å². The lowest BCUT2D eigenvalue weighted by atomic mass is 9.92. The second kappa shape index (κ2) is 6.89. The van der Waals surface area contributed by atoms with Gasteiger partial charge in [0.25, 0.3) is 0 Å². The lowest BCUT2D eigenvalue weighted by molar-refractivity contribution is -0.126. The Labute approximate surface area is 119 Å². The molecule has 0 unspecified atom stereocenters. The Bertz CT molecular complexity index is 484. The average molecular weight is 273 g/mol. The molecule has 2 rings (SSSR count). The Morgan fingerprint density at radius 3 is 2.80 bits per heavy atom. The fraction of sp³-hybridized carbons (Fsp3) is 0.375. The van der Waals surface area contributed by atoms with Gasteiger partial charge in [0.2, 0.25) is 0 Å². The van der Waals surface area contributed by atoms with Gasteiger partial charge in [0, 0.05) is 12.5 Å². The highest BCUT2D eigenvalue weighted by atomic mass is 16.6. The summed E-state index contributed by atoms with van der Waals surface area (Å²) in [5.74, 6) is 0.0958. The second-order valence-corrected chi connectivity index (χ2v) is 4.94. The fourth-order valence-electron chi connectivity index (χ4n) is 2.29. The van der Waals surface area contributed by atoms with Crippen molar-refractivity contribution >= 4 is 11.9 Å². The van der Waals surface area contributed by atoms with Crippen LogP contribution in [0.15, 0.2) is 43.0 Å². The van der Waals surface area contributed by atoms with Crippen LogP contribution in [-0.2, 0) is 16.1 Å². The molecule has 1 aliphatic rings. The van der Waals surface area contributed by atoms with Crippen LogP contribution in [0.4, 0.5) is 4.79 Å². The lowest BCUT2D eigenvalue weighted by Crippen LogP contribution is -2.44. The SMILES string of the molecule is C=CC[C@H]1CCN(C(=O)OCc2ccccc2)CC1=O. The third-order valence-corrected chi connectivity index (χ3v) is 3.46. The van der Waals surface area contributed by atoms with Gasteiger partial charge in [-0.2, -0.15) is 0 Å². The molecule has 1 fully saturated rings. The van der Waals surface area contributed by atoms with Crippen molar-refractivity contribution in [1.82, 2.24) is 4.90 Å². The van der Waals surface area contributed by atoms with Crippen molar-refractivity contribution in [1.29, 1.82) is 0 Å². The van der Waals surface area contributed by atoms with Gasteiger partial charge in [0.1, 0.15) is 6.61 Å². The molecular weight excluding hydrogens is 254 g/mol. The number of benzene rings is 1. The van der Waals surface area contributed by atoms with Gasteiger partial charge < -0.3 is 9.64 Å². The first kappa shape index (κ1) is 14.3. The van der Waals surface area contributed by atoms with Crippen LogP contribution in [0, 0.1) is 5.92 Å². The van der Waals surface area contributed by atoms with E-state index in [9.17, 15) is 9.59 Å². The van der Waals surface area contributed by atoms with E-state index in [1.807, 2.05) is 30.3 Å². The number of ketones is 1. The number of allylic oxidation sites excluding steroid dienone is 1. The number of carbonyl (C=O) groups excluding carboxylic acids is 2. The molecule has 1 aromatic rings. The molecule has 106 valence electrons. The number of carbonyl (C=O) groups is 2. The maximum Gasteiger partial charge on any atom is 0.410 e. The lowest BCUT2D eigenvalue weighted by Gasteiger charge is -2.29. The standard InChI is InChI=1S/C16H19NO3/c1-2-6-14-9-10-17(11-15(14)18)16(19)20-12-13-7-4-3-5-8-13/h2-5,7-8,14H,1,6,9-12H2/t14-/m0/s1. The summed E-state index contributed by atoms with van der Waals surface area (Å²) in [6.07, 6.45) is 2.71. The molecule has 1 aliphatic heterocycles. The van der Waals surface area contributed by atoms with E-state index < -0.39 is 6.09 Å². The van der Waals surface area contributed by atoms with Gasteiger partial charge in [0.15, 0.2) is 5.78 Å². The first-order valence-corrected chi connectivity index (χ1v) is 6.80. The minimum absolute atomic E-state index is 0.00525. The number of ether oxygens (including phenoxy) is 1. The van der Waals surface area contributed by atoms with E-state index in [-0.39, 0.29) is 24.9 Å². The van der Waals surface area contributed by atoms with E-state index in [2.05, 4.69) is 6.58 Å². The third kappa shape index (κ3) is 3.70. The molecule has 20 heavy (non-hydrogen) atoms. The van der Waals surface area contributed by atoms with Gasteiger partial charge in [0.05, 0.1) is 6.54 Å². The second-order valence-electron chi connectivity index (χ2n) is 4.94. The number of rotatable bonds is 4. The number of piperidine rings is 1. The predicted molar refractivity (Wildman–Crippen MR) is 76.1 cm³/mol. The number of amides is 1. The molecule has 0 bridgehead atoms. The number of hydrogen-bond acceptors (Lipinski definition) is 3. The number of likely N-dealkylation sites (tertiary alicyclic amines) is 1. The molecule has 1 atom stereocenters. The molecule has 0 N–H and O–H groups in total. The van der Waals surface area contributed by atoms with E-state index in [1.165, 1.54) is 4.90 Å². The van der Waals surface area contributed by atoms with Gasteiger partial charge in [-0.25, -0.2) is 4.79 Å². The number of nitrogens with zero attached hydrogens (tertiary/aromatic N) is 1. The quantitative estimate of drug-likeness (QED) is 0.792. The minimum Gasteiger partial charge on any atom is -0.445 e. The normalized spacial score (nSPS) is 18.7. The van der Waals surface area contributed by atoms with Gasteiger partial charge in [-0.05, 0) is 18.4 Å². The molecule has 0 aliphatic carbocycles. The third-order valence-electron chi connectivity index (χ3n) is 3.46. The average Bonchev–Trinajstić information content (AvgIpc) is 2.48. The molecule has 4 heteroatoms. The maximum atomic E-state index is 11.9. The van der Waals surface area contributed by atoms with E-state index in [0.29, 0.717) is 19.4 Å². The molecule has 1 aromatic carbocycles. The van der Waals surface area contributed by atoms with Crippen LogP contribution in [0.3, 0.4) is 0 Å². The van der Waals surface area contributed by atoms with Crippen molar-refractivity contribution < 1.29 is 14.3 Å². The Kier molecular flexibility index (Phi) is 4.93. The van der Waals surface area contributed by atoms with Gasteiger partial charge in [-0.3, -0.25) is 4.79 Å². The highest BCUT2D eigenvalue weighted by Crippen LogP contribution is 2.18. The molecule has 0 radical (unpaired) electrons. The van der Waals surface area contributed by atoms with Crippen LogP contribution in [-0.4, -0.2) is 29.9 Å². The smallest absolute Gasteiger partial charge is 0.410 e. The molecule has 0 aromatic heterocycles. The molecule has 1 saturated heterocycles. The predicted octanol–water partition coefficient (Wildman–Crippen LogP) is 2.79. The van der Waals surface area contributed by atoms with Gasteiger partial charge in [-0.15, -0.1) is 6.58 Å². The zero-order valence-electron chi connectivity index (χ0n) is 11.5. The van der Waals surface area contributed by atoms with Gasteiger partial charge in [-0.1, -0.05) is 36.4 Å². The summed E-state index contributed by atoms with van der Waals surface area (Å²) in [6.45, 7) is 4.60. The summed E-state index contributed by atoms with van der Waals surface area (Å²) in [4.78, 5) is 25.3. The molecule has 4 nitrogen and oxygen atoms in total. The monoisotopic (exact) mass is 273 g/mol. The van der Waals surface area contributed by atoms with Crippen molar-refractivity contribution in [2.45, 2.75) is 19.4 Å². The molecular formula is C16H19NO3. The summed E-state index contributed by atoms with van der Waals surface area (Å²) in [6, 6.07) is 9.50. The van der Waals surface area contributed by atoms with Crippen molar-refractivity contribution in [3.63, 3.8) is 0 Å². The van der Waals surface area contributed by atoms with E-state index in [0.717, 1.165) is 5.56 Å². The minimum atomic E-state index is -0.417.